The summed E-state index contributed by atoms with van der Waals surface area (Å²) in [6.45, 7) is 3.83. The van der Waals surface area contributed by atoms with Crippen LogP contribution in [0, 0.1) is 6.92 Å². The number of fused-ring (bicyclic) bond motifs is 1. The van der Waals surface area contributed by atoms with Crippen LogP contribution in [0.15, 0.2) is 55.0 Å². The molecule has 2 aromatic heterocycles. The smallest absolute Gasteiger partial charge is 0.262 e. The Morgan fingerprint density at radius 1 is 0.912 bits per heavy atom. The van der Waals surface area contributed by atoms with Gasteiger partial charge in [0.15, 0.2) is 0 Å². The van der Waals surface area contributed by atoms with Crippen LogP contribution in [0.3, 0.4) is 0 Å². The number of aromatic nitrogens is 3. The zero-order chi connectivity index (χ0) is 23.7. The van der Waals surface area contributed by atoms with Crippen LogP contribution in [0.2, 0.25) is 0 Å². The molecule has 0 unspecified atom stereocenters. The van der Waals surface area contributed by atoms with Gasteiger partial charge in [0.25, 0.3) is 11.8 Å². The molecule has 1 aromatic carbocycles. The van der Waals surface area contributed by atoms with Crippen LogP contribution in [0.5, 0.6) is 0 Å². The number of anilines is 3. The predicted octanol–water partition coefficient (Wildman–Crippen LogP) is 1.87. The van der Waals surface area contributed by atoms with Crippen molar-refractivity contribution >= 4 is 35.2 Å². The third-order valence-corrected chi connectivity index (χ3v) is 5.95. The standard InChI is InChI=1S/C24H23N7O3/c1-16-6-7-25-19(12-16)28-20-13-21(27-15-26-20)29-8-10-30(11-9-29)22(32)14-31-23(33)17-4-2-3-5-18(17)24(31)34/h2-7,12-13,15H,8-11,14H2,1H3,(H,25,26,27,28). The van der Waals surface area contributed by atoms with E-state index in [4.69, 9.17) is 0 Å². The molecule has 3 aromatic rings. The molecule has 10 nitrogen and oxygen atoms in total. The largest absolute Gasteiger partial charge is 0.353 e. The molecule has 2 aliphatic heterocycles. The summed E-state index contributed by atoms with van der Waals surface area (Å²) in [5.41, 5.74) is 1.78. The monoisotopic (exact) mass is 457 g/mol. The van der Waals surface area contributed by atoms with Gasteiger partial charge in [0.05, 0.1) is 11.1 Å². The number of aryl methyl sites for hydroxylation is 1. The molecule has 0 spiro atoms. The summed E-state index contributed by atoms with van der Waals surface area (Å²) >= 11 is 0. The van der Waals surface area contributed by atoms with Crippen molar-refractivity contribution in [2.45, 2.75) is 6.92 Å². The van der Waals surface area contributed by atoms with E-state index in [1.807, 2.05) is 25.1 Å². The zero-order valence-electron chi connectivity index (χ0n) is 18.6. The first-order valence-electron chi connectivity index (χ1n) is 11.0. The summed E-state index contributed by atoms with van der Waals surface area (Å²) in [6, 6.07) is 12.3. The lowest BCUT2D eigenvalue weighted by Crippen LogP contribution is -2.52. The third kappa shape index (κ3) is 4.17. The van der Waals surface area contributed by atoms with Gasteiger partial charge >= 0.3 is 0 Å². The molecule has 4 heterocycles. The van der Waals surface area contributed by atoms with Gasteiger partial charge in [0.1, 0.15) is 30.3 Å². The van der Waals surface area contributed by atoms with Crippen molar-refractivity contribution in [2.75, 3.05) is 42.9 Å². The highest BCUT2D eigenvalue weighted by molar-refractivity contribution is 6.22. The lowest BCUT2D eigenvalue weighted by atomic mass is 10.1. The Morgan fingerprint density at radius 2 is 1.59 bits per heavy atom. The van der Waals surface area contributed by atoms with Gasteiger partial charge in [-0.2, -0.15) is 0 Å². The highest BCUT2D eigenvalue weighted by Gasteiger charge is 2.37. The Balaban J connectivity index is 1.19. The van der Waals surface area contributed by atoms with Crippen LogP contribution in [0.1, 0.15) is 26.3 Å². The van der Waals surface area contributed by atoms with Gasteiger partial charge in [-0.15, -0.1) is 0 Å². The maximum absolute atomic E-state index is 12.8. The lowest BCUT2D eigenvalue weighted by Gasteiger charge is -2.36. The number of hydrogen-bond donors (Lipinski definition) is 1. The number of amides is 3. The number of hydrogen-bond acceptors (Lipinski definition) is 8. The second-order valence-electron chi connectivity index (χ2n) is 8.21. The molecule has 5 rings (SSSR count). The van der Waals surface area contributed by atoms with Crippen molar-refractivity contribution in [3.63, 3.8) is 0 Å². The summed E-state index contributed by atoms with van der Waals surface area (Å²) in [4.78, 5) is 55.6. The van der Waals surface area contributed by atoms with Crippen molar-refractivity contribution in [2.24, 2.45) is 0 Å². The first-order chi connectivity index (χ1) is 16.5. The fourth-order valence-electron chi connectivity index (χ4n) is 4.13. The van der Waals surface area contributed by atoms with Crippen LogP contribution in [0.25, 0.3) is 0 Å². The van der Waals surface area contributed by atoms with E-state index in [-0.39, 0.29) is 12.5 Å². The number of piperazine rings is 1. The van der Waals surface area contributed by atoms with Crippen LogP contribution < -0.4 is 10.2 Å². The molecule has 1 N–H and O–H groups in total. The van der Waals surface area contributed by atoms with Gasteiger partial charge in [-0.25, -0.2) is 15.0 Å². The Morgan fingerprint density at radius 3 is 2.26 bits per heavy atom. The molecule has 1 saturated heterocycles. The average Bonchev–Trinajstić information content (AvgIpc) is 3.09. The molecule has 0 aliphatic carbocycles. The topological polar surface area (TPSA) is 112 Å². The Labute approximate surface area is 196 Å². The Kier molecular flexibility index (Phi) is 5.62. The van der Waals surface area contributed by atoms with Crippen LogP contribution >= 0.6 is 0 Å². The summed E-state index contributed by atoms with van der Waals surface area (Å²) in [5, 5.41) is 3.18. The number of benzene rings is 1. The van der Waals surface area contributed by atoms with E-state index in [0.717, 1.165) is 16.3 Å². The van der Waals surface area contributed by atoms with Gasteiger partial charge in [-0.3, -0.25) is 19.3 Å². The molecule has 172 valence electrons. The summed E-state index contributed by atoms with van der Waals surface area (Å²) < 4.78 is 0. The van der Waals surface area contributed by atoms with Crippen molar-refractivity contribution in [1.29, 1.82) is 0 Å². The molecular formula is C24H23N7O3. The second-order valence-corrected chi connectivity index (χ2v) is 8.21. The van der Waals surface area contributed by atoms with E-state index in [0.29, 0.717) is 48.9 Å². The molecule has 0 radical (unpaired) electrons. The summed E-state index contributed by atoms with van der Waals surface area (Å²) in [6.07, 6.45) is 3.23. The maximum Gasteiger partial charge on any atom is 0.262 e. The SMILES string of the molecule is Cc1ccnc(Nc2cc(N3CCN(C(=O)CN4C(=O)c5ccccc5C4=O)CC3)ncn2)c1. The van der Waals surface area contributed by atoms with E-state index in [1.165, 1.54) is 6.33 Å². The van der Waals surface area contributed by atoms with Crippen molar-refractivity contribution in [1.82, 2.24) is 24.8 Å². The normalized spacial score (nSPS) is 15.5. The first kappa shape index (κ1) is 21.5. The van der Waals surface area contributed by atoms with Crippen LogP contribution in [-0.2, 0) is 4.79 Å². The zero-order valence-corrected chi connectivity index (χ0v) is 18.6. The Bertz CT molecular complexity index is 1240. The van der Waals surface area contributed by atoms with Gasteiger partial charge < -0.3 is 15.1 Å². The number of nitrogens with zero attached hydrogens (tertiary/aromatic N) is 6. The Hall–Kier alpha value is -4.34. The quantitative estimate of drug-likeness (QED) is 0.578. The van der Waals surface area contributed by atoms with E-state index in [2.05, 4.69) is 25.2 Å². The highest BCUT2D eigenvalue weighted by Crippen LogP contribution is 2.23. The fraction of sp³-hybridized carbons (Fsp3) is 0.250. The molecule has 34 heavy (non-hydrogen) atoms. The first-order valence-corrected chi connectivity index (χ1v) is 11.0. The average molecular weight is 457 g/mol. The lowest BCUT2D eigenvalue weighted by molar-refractivity contribution is -0.131. The molecule has 0 bridgehead atoms. The van der Waals surface area contributed by atoms with E-state index >= 15 is 0 Å². The molecule has 10 heteroatoms. The van der Waals surface area contributed by atoms with Gasteiger partial charge in [-0.05, 0) is 36.8 Å². The molecular weight excluding hydrogens is 434 g/mol. The molecule has 0 saturated carbocycles. The van der Waals surface area contributed by atoms with E-state index in [1.54, 1.807) is 35.4 Å². The number of rotatable bonds is 5. The van der Waals surface area contributed by atoms with Crippen molar-refractivity contribution in [3.05, 3.63) is 71.7 Å². The van der Waals surface area contributed by atoms with Crippen LogP contribution in [-0.4, -0.2) is 75.2 Å². The number of carbonyl (C=O) groups excluding carboxylic acids is 3. The predicted molar refractivity (Wildman–Crippen MR) is 125 cm³/mol. The van der Waals surface area contributed by atoms with Crippen molar-refractivity contribution in [3.8, 4) is 0 Å². The van der Waals surface area contributed by atoms with Gasteiger partial charge in [-0.1, -0.05) is 12.1 Å². The van der Waals surface area contributed by atoms with Gasteiger partial charge in [0.2, 0.25) is 5.91 Å². The fourth-order valence-corrected chi connectivity index (χ4v) is 4.13. The van der Waals surface area contributed by atoms with Crippen LogP contribution in [0.4, 0.5) is 17.5 Å². The van der Waals surface area contributed by atoms with E-state index in [9.17, 15) is 14.4 Å². The number of pyridine rings is 1. The van der Waals surface area contributed by atoms with E-state index < -0.39 is 11.8 Å². The minimum absolute atomic E-state index is 0.246. The minimum Gasteiger partial charge on any atom is -0.353 e. The second kappa shape index (κ2) is 8.89. The molecule has 1 fully saturated rings. The minimum atomic E-state index is -0.420. The number of carbonyl (C=O) groups is 3. The molecule has 3 amide bonds. The highest BCUT2D eigenvalue weighted by atomic mass is 16.2. The number of imide groups is 1. The molecule has 2 aliphatic rings. The summed E-state index contributed by atoms with van der Waals surface area (Å²) in [5.74, 6) is 0.996. The molecule has 0 atom stereocenters. The number of nitrogens with one attached hydrogen (secondary N) is 1. The maximum atomic E-state index is 12.8. The van der Waals surface area contributed by atoms with Gasteiger partial charge in [0, 0.05) is 38.4 Å². The summed E-state index contributed by atoms with van der Waals surface area (Å²) in [7, 11) is 0. The third-order valence-electron chi connectivity index (χ3n) is 5.95. The van der Waals surface area contributed by atoms with Crippen molar-refractivity contribution < 1.29 is 14.4 Å².